The lowest BCUT2D eigenvalue weighted by atomic mass is 9.83. The van der Waals surface area contributed by atoms with E-state index in [9.17, 15) is 14.0 Å². The summed E-state index contributed by atoms with van der Waals surface area (Å²) in [5.74, 6) is 0.602. The molecule has 0 aromatic heterocycles. The van der Waals surface area contributed by atoms with Crippen LogP contribution in [0, 0.1) is 24.6 Å². The van der Waals surface area contributed by atoms with Gasteiger partial charge in [0, 0.05) is 23.2 Å². The van der Waals surface area contributed by atoms with Crippen molar-refractivity contribution >= 4 is 17.5 Å². The highest BCUT2D eigenvalue weighted by molar-refractivity contribution is 5.97. The number of halogens is 1. The third-order valence-electron chi connectivity index (χ3n) is 7.43. The molecule has 0 spiro atoms. The number of carbonyl (C=O) groups excluding carboxylic acids is 2. The summed E-state index contributed by atoms with van der Waals surface area (Å²) >= 11 is 0. The summed E-state index contributed by atoms with van der Waals surface area (Å²) < 4.78 is 13.1. The second-order valence-electron chi connectivity index (χ2n) is 9.96. The van der Waals surface area contributed by atoms with E-state index < -0.39 is 0 Å². The van der Waals surface area contributed by atoms with E-state index >= 15 is 0 Å². The van der Waals surface area contributed by atoms with E-state index in [4.69, 9.17) is 0 Å². The molecule has 4 rings (SSSR count). The first-order chi connectivity index (χ1) is 16.5. The molecule has 2 fully saturated rings. The molecule has 6 heteroatoms. The van der Waals surface area contributed by atoms with Crippen molar-refractivity contribution in [2.75, 3.05) is 25.0 Å². The number of urea groups is 1. The third kappa shape index (κ3) is 6.89. The fourth-order valence-electron chi connectivity index (χ4n) is 5.22. The van der Waals surface area contributed by atoms with Crippen LogP contribution in [0.5, 0.6) is 0 Å². The minimum atomic E-state index is -0.304. The molecule has 0 bridgehead atoms. The lowest BCUT2D eigenvalue weighted by Crippen LogP contribution is -2.41. The van der Waals surface area contributed by atoms with Crippen LogP contribution in [0.4, 0.5) is 14.9 Å². The smallest absolute Gasteiger partial charge is 0.319 e. The molecule has 1 saturated carbocycles. The molecule has 2 N–H and O–H groups in total. The summed E-state index contributed by atoms with van der Waals surface area (Å²) in [6, 6.07) is 13.9. The molecule has 0 radical (unpaired) electrons. The highest BCUT2D eigenvalue weighted by Gasteiger charge is 2.27. The van der Waals surface area contributed by atoms with E-state index in [0.717, 1.165) is 63.8 Å². The van der Waals surface area contributed by atoms with Crippen LogP contribution in [0.1, 0.15) is 60.9 Å². The number of likely N-dealkylation sites (tertiary alicyclic amines) is 1. The molecular weight excluding hydrogens is 429 g/mol. The topological polar surface area (TPSA) is 61.4 Å². The minimum absolute atomic E-state index is 0.0503. The molecule has 1 aliphatic heterocycles. The molecule has 2 amide bonds. The van der Waals surface area contributed by atoms with Gasteiger partial charge in [0.1, 0.15) is 5.82 Å². The first-order valence-corrected chi connectivity index (χ1v) is 12.6. The van der Waals surface area contributed by atoms with Crippen LogP contribution in [0.25, 0.3) is 0 Å². The number of hydrogen-bond acceptors (Lipinski definition) is 3. The van der Waals surface area contributed by atoms with E-state index in [0.29, 0.717) is 11.5 Å². The van der Waals surface area contributed by atoms with Gasteiger partial charge in [-0.1, -0.05) is 17.7 Å². The van der Waals surface area contributed by atoms with Crippen molar-refractivity contribution < 1.29 is 14.0 Å². The summed E-state index contributed by atoms with van der Waals surface area (Å²) in [7, 11) is 0. The van der Waals surface area contributed by atoms with Gasteiger partial charge in [-0.05, 0) is 114 Å². The van der Waals surface area contributed by atoms with Crippen molar-refractivity contribution in [3.05, 3.63) is 65.5 Å². The maximum Gasteiger partial charge on any atom is 0.319 e. The molecule has 1 heterocycles. The fourth-order valence-corrected chi connectivity index (χ4v) is 5.22. The predicted octanol–water partition coefficient (Wildman–Crippen LogP) is 5.80. The van der Waals surface area contributed by atoms with E-state index in [-0.39, 0.29) is 29.6 Å². The van der Waals surface area contributed by atoms with Gasteiger partial charge < -0.3 is 15.5 Å². The van der Waals surface area contributed by atoms with Crippen LogP contribution in [-0.2, 0) is 0 Å². The highest BCUT2D eigenvalue weighted by atomic mass is 19.1. The standard InChI is InChI=1S/C28H36FN3O2/c1-20-2-10-25(11-3-20)30-28(34)31-26-12-4-21(5-13-26)14-17-32-18-15-23(16-19-32)27(33)22-6-8-24(29)9-7-22/h2-3,6-11,21,23,26H,4-5,12-19H2,1H3,(H2,30,31,34). The van der Waals surface area contributed by atoms with Crippen molar-refractivity contribution in [2.45, 2.75) is 57.9 Å². The Morgan fingerprint density at radius 1 is 0.912 bits per heavy atom. The number of amides is 2. The average Bonchev–Trinajstić information content (AvgIpc) is 2.85. The maximum atomic E-state index is 13.1. The number of rotatable bonds is 7. The van der Waals surface area contributed by atoms with Crippen molar-refractivity contribution in [2.24, 2.45) is 11.8 Å². The Morgan fingerprint density at radius 2 is 1.56 bits per heavy atom. The van der Waals surface area contributed by atoms with Gasteiger partial charge in [-0.15, -0.1) is 0 Å². The van der Waals surface area contributed by atoms with Crippen LogP contribution < -0.4 is 10.6 Å². The van der Waals surface area contributed by atoms with Crippen molar-refractivity contribution in [1.29, 1.82) is 0 Å². The highest BCUT2D eigenvalue weighted by Crippen LogP contribution is 2.28. The number of carbonyl (C=O) groups is 2. The number of nitrogens with one attached hydrogen (secondary N) is 2. The molecule has 2 aliphatic rings. The predicted molar refractivity (Wildman–Crippen MR) is 134 cm³/mol. The molecule has 2 aromatic rings. The molecule has 0 unspecified atom stereocenters. The van der Waals surface area contributed by atoms with E-state index in [2.05, 4.69) is 15.5 Å². The summed E-state index contributed by atoms with van der Waals surface area (Å²) in [5, 5.41) is 6.05. The largest absolute Gasteiger partial charge is 0.335 e. The van der Waals surface area contributed by atoms with Gasteiger partial charge in [-0.2, -0.15) is 0 Å². The van der Waals surface area contributed by atoms with E-state index in [1.807, 2.05) is 31.2 Å². The molecular formula is C28H36FN3O2. The average molecular weight is 466 g/mol. The summed E-state index contributed by atoms with van der Waals surface area (Å²) in [5.41, 5.74) is 2.62. The quantitative estimate of drug-likeness (QED) is 0.508. The van der Waals surface area contributed by atoms with Crippen molar-refractivity contribution in [3.63, 3.8) is 0 Å². The van der Waals surface area contributed by atoms with Crippen LogP contribution in [0.15, 0.2) is 48.5 Å². The number of nitrogens with zero attached hydrogens (tertiary/aromatic N) is 1. The monoisotopic (exact) mass is 465 g/mol. The Labute approximate surface area is 202 Å². The summed E-state index contributed by atoms with van der Waals surface area (Å²) in [6.45, 7) is 5.01. The number of piperidine rings is 1. The number of benzene rings is 2. The molecule has 182 valence electrons. The molecule has 0 atom stereocenters. The van der Waals surface area contributed by atoms with Gasteiger partial charge in [0.25, 0.3) is 0 Å². The van der Waals surface area contributed by atoms with Crippen molar-refractivity contribution in [1.82, 2.24) is 10.2 Å². The molecule has 34 heavy (non-hydrogen) atoms. The SMILES string of the molecule is Cc1ccc(NC(=O)NC2CCC(CCN3CCC(C(=O)c4ccc(F)cc4)CC3)CC2)cc1. The van der Waals surface area contributed by atoms with Crippen LogP contribution in [-0.4, -0.2) is 42.4 Å². The third-order valence-corrected chi connectivity index (χ3v) is 7.43. The van der Waals surface area contributed by atoms with Gasteiger partial charge in [0.15, 0.2) is 5.78 Å². The zero-order chi connectivity index (χ0) is 23.9. The lowest BCUT2D eigenvalue weighted by Gasteiger charge is -2.34. The Hall–Kier alpha value is -2.73. The van der Waals surface area contributed by atoms with Crippen LogP contribution >= 0.6 is 0 Å². The Morgan fingerprint density at radius 3 is 2.21 bits per heavy atom. The number of hydrogen-bond donors (Lipinski definition) is 2. The number of ketones is 1. The number of anilines is 1. The lowest BCUT2D eigenvalue weighted by molar-refractivity contribution is 0.0832. The second kappa shape index (κ2) is 11.6. The maximum absolute atomic E-state index is 13.1. The first-order valence-electron chi connectivity index (χ1n) is 12.6. The van der Waals surface area contributed by atoms with E-state index in [1.54, 1.807) is 12.1 Å². The Bertz CT molecular complexity index is 945. The molecule has 2 aromatic carbocycles. The molecule has 1 saturated heterocycles. The van der Waals surface area contributed by atoms with Gasteiger partial charge in [-0.25, -0.2) is 9.18 Å². The second-order valence-corrected chi connectivity index (χ2v) is 9.96. The molecule has 1 aliphatic carbocycles. The Kier molecular flexibility index (Phi) is 8.33. The normalized spacial score (nSPS) is 21.7. The minimum Gasteiger partial charge on any atom is -0.335 e. The Balaban J connectivity index is 1.11. The zero-order valence-corrected chi connectivity index (χ0v) is 20.1. The van der Waals surface area contributed by atoms with Crippen molar-refractivity contribution in [3.8, 4) is 0 Å². The number of aryl methyl sites for hydroxylation is 1. The van der Waals surface area contributed by atoms with Gasteiger partial charge >= 0.3 is 6.03 Å². The van der Waals surface area contributed by atoms with Crippen LogP contribution in [0.2, 0.25) is 0 Å². The number of Topliss-reactive ketones (excluding diaryl/α,β-unsaturated/α-hetero) is 1. The van der Waals surface area contributed by atoms with Gasteiger partial charge in [0.2, 0.25) is 0 Å². The fraction of sp³-hybridized carbons (Fsp3) is 0.500. The summed E-state index contributed by atoms with van der Waals surface area (Å²) in [6.07, 6.45) is 7.29. The zero-order valence-electron chi connectivity index (χ0n) is 20.1. The summed E-state index contributed by atoms with van der Waals surface area (Å²) in [4.78, 5) is 27.4. The van der Waals surface area contributed by atoms with Gasteiger partial charge in [0.05, 0.1) is 0 Å². The van der Waals surface area contributed by atoms with Gasteiger partial charge in [-0.3, -0.25) is 4.79 Å². The van der Waals surface area contributed by atoms with Crippen LogP contribution in [0.3, 0.4) is 0 Å². The van der Waals surface area contributed by atoms with E-state index in [1.165, 1.54) is 24.1 Å². The molecule has 5 nitrogen and oxygen atoms in total. The first kappa shape index (κ1) is 24.4.